The van der Waals surface area contributed by atoms with Crippen LogP contribution in [0.1, 0.15) is 51.4 Å². The summed E-state index contributed by atoms with van der Waals surface area (Å²) in [5.74, 6) is 2.97. The molecule has 0 radical (unpaired) electrons. The van der Waals surface area contributed by atoms with E-state index in [-0.39, 0.29) is 0 Å². The molecule has 4 atom stereocenters. The molecular formula is C15H24O. The molecule has 0 aromatic heterocycles. The maximum Gasteiger partial charge on any atom is 0.0810 e. The number of epoxide rings is 1. The SMILES string of the molecule is C1=C[C@@H]2CC1CC2CCCCCCC1CO1. The zero-order valence-corrected chi connectivity index (χ0v) is 10.2. The maximum atomic E-state index is 5.22. The molecule has 16 heavy (non-hydrogen) atoms. The smallest absolute Gasteiger partial charge is 0.0810 e. The van der Waals surface area contributed by atoms with Gasteiger partial charge in [-0.1, -0.05) is 37.8 Å². The van der Waals surface area contributed by atoms with E-state index in [2.05, 4.69) is 12.2 Å². The number of hydrogen-bond donors (Lipinski definition) is 0. The molecule has 1 aliphatic heterocycles. The predicted octanol–water partition coefficient (Wildman–Crippen LogP) is 3.94. The molecule has 1 saturated heterocycles. The Balaban J connectivity index is 1.22. The molecule has 0 aromatic carbocycles. The molecular weight excluding hydrogens is 196 g/mol. The second-order valence-corrected chi connectivity index (χ2v) is 5.99. The summed E-state index contributed by atoms with van der Waals surface area (Å²) in [4.78, 5) is 0. The van der Waals surface area contributed by atoms with Crippen LogP contribution in [0.15, 0.2) is 12.2 Å². The van der Waals surface area contributed by atoms with Crippen LogP contribution in [-0.2, 0) is 4.74 Å². The van der Waals surface area contributed by atoms with Gasteiger partial charge in [0, 0.05) is 0 Å². The van der Waals surface area contributed by atoms with E-state index in [4.69, 9.17) is 4.74 Å². The second kappa shape index (κ2) is 4.91. The first-order valence-corrected chi connectivity index (χ1v) is 7.22. The van der Waals surface area contributed by atoms with Gasteiger partial charge in [0.25, 0.3) is 0 Å². The van der Waals surface area contributed by atoms with Crippen molar-refractivity contribution in [2.45, 2.75) is 57.5 Å². The Morgan fingerprint density at radius 1 is 0.938 bits per heavy atom. The van der Waals surface area contributed by atoms with Gasteiger partial charge < -0.3 is 4.74 Å². The lowest BCUT2D eigenvalue weighted by molar-refractivity contribution is 0.377. The minimum Gasteiger partial charge on any atom is -0.373 e. The molecule has 2 fully saturated rings. The van der Waals surface area contributed by atoms with Crippen molar-refractivity contribution >= 4 is 0 Å². The summed E-state index contributed by atoms with van der Waals surface area (Å²) >= 11 is 0. The predicted molar refractivity (Wildman–Crippen MR) is 66.3 cm³/mol. The summed E-state index contributed by atoms with van der Waals surface area (Å²) in [6.07, 6.45) is 17.1. The van der Waals surface area contributed by atoms with Crippen molar-refractivity contribution in [3.63, 3.8) is 0 Å². The number of allylic oxidation sites excluding steroid dienone is 2. The lowest BCUT2D eigenvalue weighted by atomic mass is 9.88. The van der Waals surface area contributed by atoms with Gasteiger partial charge in [-0.2, -0.15) is 0 Å². The minimum absolute atomic E-state index is 0.649. The Kier molecular flexibility index (Phi) is 3.32. The van der Waals surface area contributed by atoms with Gasteiger partial charge in [-0.25, -0.2) is 0 Å². The highest BCUT2D eigenvalue weighted by atomic mass is 16.6. The fourth-order valence-electron chi connectivity index (χ4n) is 3.59. The zero-order chi connectivity index (χ0) is 10.8. The van der Waals surface area contributed by atoms with Crippen molar-refractivity contribution in [1.82, 2.24) is 0 Å². The maximum absolute atomic E-state index is 5.22. The van der Waals surface area contributed by atoms with Crippen LogP contribution >= 0.6 is 0 Å². The summed E-state index contributed by atoms with van der Waals surface area (Å²) in [6.45, 7) is 1.04. The minimum atomic E-state index is 0.649. The first kappa shape index (κ1) is 10.8. The van der Waals surface area contributed by atoms with Crippen LogP contribution < -0.4 is 0 Å². The summed E-state index contributed by atoms with van der Waals surface area (Å²) in [6, 6.07) is 0. The highest BCUT2D eigenvalue weighted by molar-refractivity contribution is 5.09. The topological polar surface area (TPSA) is 12.5 Å². The first-order valence-electron chi connectivity index (χ1n) is 7.22. The van der Waals surface area contributed by atoms with Crippen molar-refractivity contribution in [3.05, 3.63) is 12.2 Å². The molecule has 1 nitrogen and oxygen atoms in total. The first-order chi connectivity index (χ1) is 7.92. The molecule has 3 aliphatic rings. The van der Waals surface area contributed by atoms with Crippen molar-refractivity contribution in [2.75, 3.05) is 6.61 Å². The molecule has 2 bridgehead atoms. The van der Waals surface area contributed by atoms with Crippen LogP contribution in [0.5, 0.6) is 0 Å². The zero-order valence-electron chi connectivity index (χ0n) is 10.2. The van der Waals surface area contributed by atoms with Crippen molar-refractivity contribution in [2.24, 2.45) is 17.8 Å². The van der Waals surface area contributed by atoms with Crippen LogP contribution in [0.2, 0.25) is 0 Å². The Morgan fingerprint density at radius 3 is 2.38 bits per heavy atom. The van der Waals surface area contributed by atoms with Gasteiger partial charge in [-0.3, -0.25) is 0 Å². The molecule has 3 unspecified atom stereocenters. The molecule has 0 N–H and O–H groups in total. The average Bonchev–Trinajstić information content (AvgIpc) is 2.88. The van der Waals surface area contributed by atoms with E-state index in [1.54, 1.807) is 0 Å². The van der Waals surface area contributed by atoms with Gasteiger partial charge in [0.1, 0.15) is 0 Å². The molecule has 0 spiro atoms. The van der Waals surface area contributed by atoms with Gasteiger partial charge in [0.2, 0.25) is 0 Å². The Morgan fingerprint density at radius 2 is 1.75 bits per heavy atom. The summed E-state index contributed by atoms with van der Waals surface area (Å²) < 4.78 is 5.22. The molecule has 0 amide bonds. The Labute approximate surface area is 99.3 Å². The fraction of sp³-hybridized carbons (Fsp3) is 0.867. The molecule has 0 aromatic rings. The van der Waals surface area contributed by atoms with E-state index in [9.17, 15) is 0 Å². The van der Waals surface area contributed by atoms with Gasteiger partial charge in [-0.05, 0) is 43.4 Å². The Bertz CT molecular complexity index is 254. The van der Waals surface area contributed by atoms with E-state index in [0.29, 0.717) is 6.10 Å². The van der Waals surface area contributed by atoms with Gasteiger partial charge in [-0.15, -0.1) is 0 Å². The third kappa shape index (κ3) is 2.68. The summed E-state index contributed by atoms with van der Waals surface area (Å²) in [7, 11) is 0. The van der Waals surface area contributed by atoms with Gasteiger partial charge in [0.05, 0.1) is 12.7 Å². The van der Waals surface area contributed by atoms with Crippen LogP contribution in [0.25, 0.3) is 0 Å². The highest BCUT2D eigenvalue weighted by Gasteiger charge is 2.34. The highest BCUT2D eigenvalue weighted by Crippen LogP contribution is 2.45. The number of rotatable bonds is 7. The van der Waals surface area contributed by atoms with E-state index in [0.717, 1.165) is 24.4 Å². The molecule has 2 aliphatic carbocycles. The third-order valence-electron chi connectivity index (χ3n) is 4.67. The lowest BCUT2D eigenvalue weighted by Gasteiger charge is -2.17. The van der Waals surface area contributed by atoms with E-state index >= 15 is 0 Å². The lowest BCUT2D eigenvalue weighted by Crippen LogP contribution is -2.06. The quantitative estimate of drug-likeness (QED) is 0.360. The van der Waals surface area contributed by atoms with Crippen LogP contribution in [0, 0.1) is 17.8 Å². The number of hydrogen-bond acceptors (Lipinski definition) is 1. The molecule has 1 saturated carbocycles. The largest absolute Gasteiger partial charge is 0.373 e. The number of ether oxygens (including phenoxy) is 1. The van der Waals surface area contributed by atoms with Crippen LogP contribution in [-0.4, -0.2) is 12.7 Å². The molecule has 3 rings (SSSR count). The second-order valence-electron chi connectivity index (χ2n) is 5.99. The molecule has 1 heteroatoms. The van der Waals surface area contributed by atoms with Crippen molar-refractivity contribution in [3.8, 4) is 0 Å². The summed E-state index contributed by atoms with van der Waals surface area (Å²) in [5, 5.41) is 0. The van der Waals surface area contributed by atoms with Crippen LogP contribution in [0.3, 0.4) is 0 Å². The van der Waals surface area contributed by atoms with Crippen LogP contribution in [0.4, 0.5) is 0 Å². The normalized spacial score (nSPS) is 39.5. The summed E-state index contributed by atoms with van der Waals surface area (Å²) in [5.41, 5.74) is 0. The van der Waals surface area contributed by atoms with E-state index < -0.39 is 0 Å². The molecule has 90 valence electrons. The Hall–Kier alpha value is -0.300. The van der Waals surface area contributed by atoms with Crippen molar-refractivity contribution in [1.29, 1.82) is 0 Å². The van der Waals surface area contributed by atoms with E-state index in [1.807, 2.05) is 0 Å². The third-order valence-corrected chi connectivity index (χ3v) is 4.67. The van der Waals surface area contributed by atoms with Gasteiger partial charge in [0.15, 0.2) is 0 Å². The number of fused-ring (bicyclic) bond motifs is 2. The van der Waals surface area contributed by atoms with E-state index in [1.165, 1.54) is 51.4 Å². The fourth-order valence-corrected chi connectivity index (χ4v) is 3.59. The molecule has 1 heterocycles. The monoisotopic (exact) mass is 220 g/mol. The number of unbranched alkanes of at least 4 members (excludes halogenated alkanes) is 3. The van der Waals surface area contributed by atoms with Crippen molar-refractivity contribution < 1.29 is 4.74 Å². The van der Waals surface area contributed by atoms with Gasteiger partial charge >= 0.3 is 0 Å². The standard InChI is InChI=1S/C15H24O/c1(2-4-6-15-11-16-15)3-5-13-9-12-7-8-14(13)10-12/h7-8,12-15H,1-6,9-11H2/t12?,13?,14-,15?/m1/s1. The average molecular weight is 220 g/mol.